The molecule has 0 saturated carbocycles. The smallest absolute Gasteiger partial charge is 0.164 e. The molecule has 0 bridgehead atoms. The van der Waals surface area contributed by atoms with Gasteiger partial charge in [-0.15, -0.1) is 0 Å². The van der Waals surface area contributed by atoms with Crippen LogP contribution in [-0.2, 0) is 0 Å². The van der Waals surface area contributed by atoms with Crippen LogP contribution < -0.4 is 10.1 Å². The van der Waals surface area contributed by atoms with Gasteiger partial charge in [0, 0.05) is 12.0 Å². The Hall–Kier alpha value is -1.74. The molecule has 1 N–H and O–H groups in total. The molecule has 1 unspecified atom stereocenters. The molecule has 2 aromatic rings. The number of nitrogens with one attached hydrogen (secondary N) is 1. The van der Waals surface area contributed by atoms with Crippen molar-refractivity contribution in [1.82, 2.24) is 0 Å². The van der Waals surface area contributed by atoms with Gasteiger partial charge in [0.25, 0.3) is 0 Å². The van der Waals surface area contributed by atoms with Gasteiger partial charge in [-0.05, 0) is 32.0 Å². The first-order valence-corrected chi connectivity index (χ1v) is 7.32. The molecule has 1 aliphatic heterocycles. The summed E-state index contributed by atoms with van der Waals surface area (Å²) in [6, 6.07) is 12.8. The lowest BCUT2D eigenvalue weighted by atomic mass is 9.89. The van der Waals surface area contributed by atoms with E-state index in [0.717, 1.165) is 17.7 Å². The van der Waals surface area contributed by atoms with E-state index in [0.29, 0.717) is 5.69 Å². The van der Waals surface area contributed by atoms with E-state index in [-0.39, 0.29) is 16.7 Å². The van der Waals surface area contributed by atoms with Crippen molar-refractivity contribution in [3.8, 4) is 5.75 Å². The highest BCUT2D eigenvalue weighted by Gasteiger charge is 2.33. The zero-order chi connectivity index (χ0) is 15.0. The lowest BCUT2D eigenvalue weighted by molar-refractivity contribution is 0.0758. The normalized spacial score (nSPS) is 19.5. The van der Waals surface area contributed by atoms with E-state index in [1.807, 2.05) is 38.1 Å². The molecule has 110 valence electrons. The monoisotopic (exact) mass is 305 g/mol. The Kier molecular flexibility index (Phi) is 3.54. The van der Waals surface area contributed by atoms with Crippen LogP contribution in [-0.4, -0.2) is 5.60 Å². The number of hydrogen-bond acceptors (Lipinski definition) is 2. The van der Waals surface area contributed by atoms with Gasteiger partial charge in [0.05, 0.1) is 16.8 Å². The molecule has 3 rings (SSSR count). The van der Waals surface area contributed by atoms with Crippen molar-refractivity contribution in [2.75, 3.05) is 5.32 Å². The van der Waals surface area contributed by atoms with Gasteiger partial charge in [0.1, 0.15) is 11.4 Å². The molecule has 2 nitrogen and oxygen atoms in total. The maximum atomic E-state index is 14.1. The second kappa shape index (κ2) is 5.23. The van der Waals surface area contributed by atoms with Crippen molar-refractivity contribution in [3.05, 3.63) is 58.9 Å². The Balaban J connectivity index is 1.96. The lowest BCUT2D eigenvalue weighted by Crippen LogP contribution is -2.37. The van der Waals surface area contributed by atoms with E-state index in [2.05, 4.69) is 5.32 Å². The molecule has 0 amide bonds. The van der Waals surface area contributed by atoms with E-state index in [1.165, 1.54) is 0 Å². The van der Waals surface area contributed by atoms with Gasteiger partial charge in [0.15, 0.2) is 5.82 Å². The average molecular weight is 306 g/mol. The maximum Gasteiger partial charge on any atom is 0.164 e. The van der Waals surface area contributed by atoms with Gasteiger partial charge in [-0.2, -0.15) is 0 Å². The third-order valence-corrected chi connectivity index (χ3v) is 3.95. The van der Waals surface area contributed by atoms with E-state index >= 15 is 0 Å². The van der Waals surface area contributed by atoms with E-state index < -0.39 is 5.82 Å². The number of anilines is 1. The molecule has 0 saturated heterocycles. The topological polar surface area (TPSA) is 21.3 Å². The molecule has 2 aromatic carbocycles. The first-order valence-electron chi connectivity index (χ1n) is 6.95. The Bertz CT molecular complexity index is 672. The van der Waals surface area contributed by atoms with Gasteiger partial charge in [0.2, 0.25) is 0 Å². The average Bonchev–Trinajstić information content (AvgIpc) is 2.42. The Morgan fingerprint density at radius 3 is 2.76 bits per heavy atom. The number of para-hydroxylation sites is 1. The molecule has 0 radical (unpaired) electrons. The number of fused-ring (bicyclic) bond motifs is 1. The second-order valence-electron chi connectivity index (χ2n) is 5.90. The number of rotatable bonds is 2. The predicted octanol–water partition coefficient (Wildman–Crippen LogP) is 5.19. The predicted molar refractivity (Wildman–Crippen MR) is 83.5 cm³/mol. The van der Waals surface area contributed by atoms with Crippen LogP contribution in [0.4, 0.5) is 10.1 Å². The van der Waals surface area contributed by atoms with Gasteiger partial charge in [-0.3, -0.25) is 0 Å². The molecule has 1 heterocycles. The molecule has 4 heteroatoms. The summed E-state index contributed by atoms with van der Waals surface area (Å²) in [6.45, 7) is 4.07. The summed E-state index contributed by atoms with van der Waals surface area (Å²) in [5.41, 5.74) is 1.15. The number of benzene rings is 2. The minimum atomic E-state index is -0.416. The Morgan fingerprint density at radius 1 is 1.19 bits per heavy atom. The van der Waals surface area contributed by atoms with Crippen LogP contribution in [0.25, 0.3) is 0 Å². The van der Waals surface area contributed by atoms with E-state index in [9.17, 15) is 4.39 Å². The maximum absolute atomic E-state index is 14.1. The first-order chi connectivity index (χ1) is 9.96. The zero-order valence-electron chi connectivity index (χ0n) is 12.0. The zero-order valence-corrected chi connectivity index (χ0v) is 12.7. The van der Waals surface area contributed by atoms with Crippen LogP contribution in [0.1, 0.15) is 31.9 Å². The number of halogens is 2. The standard InChI is InChI=1S/C17H17ClFNO/c1-17(2)10-14(11-6-3-4-9-15(11)21-17)20-13-8-5-7-12(18)16(13)19/h3-9,14,20H,10H2,1-2H3. The summed E-state index contributed by atoms with van der Waals surface area (Å²) >= 11 is 5.85. The van der Waals surface area contributed by atoms with Gasteiger partial charge < -0.3 is 10.1 Å². The van der Waals surface area contributed by atoms with Crippen molar-refractivity contribution < 1.29 is 9.13 Å². The Morgan fingerprint density at radius 2 is 1.95 bits per heavy atom. The Labute approximate surface area is 128 Å². The highest BCUT2D eigenvalue weighted by atomic mass is 35.5. The molecule has 21 heavy (non-hydrogen) atoms. The van der Waals surface area contributed by atoms with Crippen molar-refractivity contribution >= 4 is 17.3 Å². The number of hydrogen-bond donors (Lipinski definition) is 1. The van der Waals surface area contributed by atoms with Crippen LogP contribution >= 0.6 is 11.6 Å². The molecule has 0 aliphatic carbocycles. The summed E-state index contributed by atoms with van der Waals surface area (Å²) < 4.78 is 20.1. The quantitative estimate of drug-likeness (QED) is 0.824. The minimum Gasteiger partial charge on any atom is -0.487 e. The highest BCUT2D eigenvalue weighted by molar-refractivity contribution is 6.31. The van der Waals surface area contributed by atoms with Crippen molar-refractivity contribution in [1.29, 1.82) is 0 Å². The summed E-state index contributed by atoms with van der Waals surface area (Å²) in [5.74, 6) is 0.426. The van der Waals surface area contributed by atoms with Crippen LogP contribution in [0, 0.1) is 5.82 Å². The van der Waals surface area contributed by atoms with Gasteiger partial charge in [-0.1, -0.05) is 35.9 Å². The second-order valence-corrected chi connectivity index (χ2v) is 6.31. The van der Waals surface area contributed by atoms with Crippen LogP contribution in [0.5, 0.6) is 5.75 Å². The SMILES string of the molecule is CC1(C)CC(Nc2cccc(Cl)c2F)c2ccccc2O1. The minimum absolute atomic E-state index is 0.0158. The fourth-order valence-electron chi connectivity index (χ4n) is 2.73. The van der Waals surface area contributed by atoms with Crippen LogP contribution in [0.15, 0.2) is 42.5 Å². The van der Waals surface area contributed by atoms with Crippen molar-refractivity contribution in [3.63, 3.8) is 0 Å². The fraction of sp³-hybridized carbons (Fsp3) is 0.294. The van der Waals surface area contributed by atoms with Gasteiger partial charge in [-0.25, -0.2) is 4.39 Å². The van der Waals surface area contributed by atoms with Crippen LogP contribution in [0.3, 0.4) is 0 Å². The van der Waals surface area contributed by atoms with Crippen molar-refractivity contribution in [2.24, 2.45) is 0 Å². The highest BCUT2D eigenvalue weighted by Crippen LogP contribution is 2.41. The summed E-state index contributed by atoms with van der Waals surface area (Å²) in [6.07, 6.45) is 0.746. The fourth-order valence-corrected chi connectivity index (χ4v) is 2.91. The summed E-state index contributed by atoms with van der Waals surface area (Å²) in [7, 11) is 0. The molecule has 1 atom stereocenters. The molecular formula is C17H17ClFNO. The third-order valence-electron chi connectivity index (χ3n) is 3.66. The van der Waals surface area contributed by atoms with Crippen LogP contribution in [0.2, 0.25) is 5.02 Å². The van der Waals surface area contributed by atoms with E-state index in [1.54, 1.807) is 18.2 Å². The first kappa shape index (κ1) is 14.2. The number of ether oxygens (including phenoxy) is 1. The van der Waals surface area contributed by atoms with Crippen molar-refractivity contribution in [2.45, 2.75) is 31.9 Å². The molecule has 0 fully saturated rings. The summed E-state index contributed by atoms with van der Waals surface area (Å²) in [4.78, 5) is 0. The largest absolute Gasteiger partial charge is 0.487 e. The molecule has 0 aromatic heterocycles. The molecular weight excluding hydrogens is 289 g/mol. The molecule has 1 aliphatic rings. The third kappa shape index (κ3) is 2.84. The lowest BCUT2D eigenvalue weighted by Gasteiger charge is -2.38. The van der Waals surface area contributed by atoms with E-state index in [4.69, 9.17) is 16.3 Å². The summed E-state index contributed by atoms with van der Waals surface area (Å²) in [5, 5.41) is 3.39. The van der Waals surface area contributed by atoms with Gasteiger partial charge >= 0.3 is 0 Å². The molecule has 0 spiro atoms.